The summed E-state index contributed by atoms with van der Waals surface area (Å²) in [7, 11) is 2.93. The van der Waals surface area contributed by atoms with Crippen molar-refractivity contribution in [1.82, 2.24) is 20.0 Å². The van der Waals surface area contributed by atoms with Crippen LogP contribution in [0.5, 0.6) is 0 Å². The summed E-state index contributed by atoms with van der Waals surface area (Å²) >= 11 is 0. The van der Waals surface area contributed by atoms with Gasteiger partial charge in [-0.05, 0) is 0 Å². The monoisotopic (exact) mass is 276 g/mol. The SMILES string of the molecule is CN(Cc1cn(C)nc1C(F)(F)F)C(=O)C1CNC1. The van der Waals surface area contributed by atoms with E-state index in [1.165, 1.54) is 25.2 Å². The van der Waals surface area contributed by atoms with E-state index in [-0.39, 0.29) is 23.9 Å². The third-order valence-corrected chi connectivity index (χ3v) is 3.09. The number of carbonyl (C=O) groups is 1. The van der Waals surface area contributed by atoms with Crippen LogP contribution < -0.4 is 5.32 Å². The maximum absolute atomic E-state index is 12.8. The molecule has 19 heavy (non-hydrogen) atoms. The van der Waals surface area contributed by atoms with Gasteiger partial charge in [0.2, 0.25) is 5.91 Å². The van der Waals surface area contributed by atoms with Crippen molar-refractivity contribution in [3.8, 4) is 0 Å². The number of halogens is 3. The van der Waals surface area contributed by atoms with Crippen LogP contribution in [0.4, 0.5) is 13.2 Å². The van der Waals surface area contributed by atoms with Crippen LogP contribution in [0.15, 0.2) is 6.20 Å². The zero-order valence-corrected chi connectivity index (χ0v) is 10.7. The van der Waals surface area contributed by atoms with E-state index >= 15 is 0 Å². The molecule has 0 aromatic carbocycles. The van der Waals surface area contributed by atoms with E-state index in [0.29, 0.717) is 13.1 Å². The van der Waals surface area contributed by atoms with Crippen LogP contribution in [0, 0.1) is 5.92 Å². The molecule has 1 aliphatic heterocycles. The molecule has 1 amide bonds. The second-order valence-electron chi connectivity index (χ2n) is 4.72. The number of nitrogens with one attached hydrogen (secondary N) is 1. The Bertz CT molecular complexity index is 479. The lowest BCUT2D eigenvalue weighted by atomic mass is 10.0. The largest absolute Gasteiger partial charge is 0.435 e. The number of hydrogen-bond donors (Lipinski definition) is 1. The second kappa shape index (κ2) is 4.84. The van der Waals surface area contributed by atoms with Gasteiger partial charge in [0, 0.05) is 45.5 Å². The molecule has 106 valence electrons. The van der Waals surface area contributed by atoms with Crippen LogP contribution in [0.25, 0.3) is 0 Å². The lowest BCUT2D eigenvalue weighted by Crippen LogP contribution is -2.51. The molecule has 8 heteroatoms. The van der Waals surface area contributed by atoms with Crippen molar-refractivity contribution < 1.29 is 18.0 Å². The molecule has 1 aliphatic rings. The molecule has 1 aromatic heterocycles. The smallest absolute Gasteiger partial charge is 0.341 e. The Kier molecular flexibility index (Phi) is 3.53. The lowest BCUT2D eigenvalue weighted by Gasteiger charge is -2.30. The standard InChI is InChI=1S/C11H15F3N4O/c1-17(10(19)7-3-15-4-7)5-8-6-18(2)16-9(8)11(12,13)14/h6-7,15H,3-5H2,1-2H3. The van der Waals surface area contributed by atoms with Crippen molar-refractivity contribution in [3.05, 3.63) is 17.5 Å². The van der Waals surface area contributed by atoms with E-state index in [1.54, 1.807) is 0 Å². The van der Waals surface area contributed by atoms with Crippen LogP contribution in [-0.4, -0.2) is 40.7 Å². The summed E-state index contributed by atoms with van der Waals surface area (Å²) < 4.78 is 39.4. The number of carbonyl (C=O) groups excluding carboxylic acids is 1. The van der Waals surface area contributed by atoms with E-state index in [1.807, 2.05) is 0 Å². The summed E-state index contributed by atoms with van der Waals surface area (Å²) in [6.07, 6.45) is -3.20. The number of rotatable bonds is 3. The van der Waals surface area contributed by atoms with Gasteiger partial charge in [0.05, 0.1) is 5.92 Å². The quantitative estimate of drug-likeness (QED) is 0.880. The molecule has 0 atom stereocenters. The maximum Gasteiger partial charge on any atom is 0.435 e. The Morgan fingerprint density at radius 3 is 2.68 bits per heavy atom. The number of hydrogen-bond acceptors (Lipinski definition) is 3. The molecule has 0 aliphatic carbocycles. The molecule has 1 aromatic rings. The van der Waals surface area contributed by atoms with Crippen molar-refractivity contribution in [2.75, 3.05) is 20.1 Å². The summed E-state index contributed by atoms with van der Waals surface area (Å²) in [4.78, 5) is 13.2. The number of aryl methyl sites for hydroxylation is 1. The van der Waals surface area contributed by atoms with Crippen molar-refractivity contribution >= 4 is 5.91 Å². The molecule has 1 saturated heterocycles. The fraction of sp³-hybridized carbons (Fsp3) is 0.636. The highest BCUT2D eigenvalue weighted by Gasteiger charge is 2.37. The molecule has 2 rings (SSSR count). The highest BCUT2D eigenvalue weighted by molar-refractivity contribution is 5.79. The molecule has 1 N–H and O–H groups in total. The average molecular weight is 276 g/mol. The minimum atomic E-state index is -4.50. The van der Waals surface area contributed by atoms with Crippen molar-refractivity contribution in [2.24, 2.45) is 13.0 Å². The molecule has 0 saturated carbocycles. The average Bonchev–Trinajstić information content (AvgIpc) is 2.56. The predicted molar refractivity (Wildman–Crippen MR) is 61.0 cm³/mol. The Morgan fingerprint density at radius 2 is 2.21 bits per heavy atom. The Morgan fingerprint density at radius 1 is 1.58 bits per heavy atom. The first-order valence-corrected chi connectivity index (χ1v) is 5.84. The van der Waals surface area contributed by atoms with Gasteiger partial charge in [0.25, 0.3) is 0 Å². The Balaban J connectivity index is 2.12. The third kappa shape index (κ3) is 2.89. The number of nitrogens with zero attached hydrogens (tertiary/aromatic N) is 3. The van der Waals surface area contributed by atoms with Crippen molar-refractivity contribution in [3.63, 3.8) is 0 Å². The predicted octanol–water partition coefficient (Wildman–Crippen LogP) is 0.617. The molecule has 0 spiro atoms. The molecule has 0 bridgehead atoms. The molecule has 5 nitrogen and oxygen atoms in total. The first-order chi connectivity index (χ1) is 8.79. The minimum absolute atomic E-state index is 0.0122. The van der Waals surface area contributed by atoms with E-state index < -0.39 is 11.9 Å². The van der Waals surface area contributed by atoms with Gasteiger partial charge in [-0.2, -0.15) is 18.3 Å². The highest BCUT2D eigenvalue weighted by Crippen LogP contribution is 2.31. The Hall–Kier alpha value is -1.57. The topological polar surface area (TPSA) is 50.2 Å². The van der Waals surface area contributed by atoms with E-state index in [2.05, 4.69) is 10.4 Å². The van der Waals surface area contributed by atoms with Crippen LogP contribution in [0.2, 0.25) is 0 Å². The van der Waals surface area contributed by atoms with Gasteiger partial charge in [-0.15, -0.1) is 0 Å². The molecular weight excluding hydrogens is 261 g/mol. The van der Waals surface area contributed by atoms with Gasteiger partial charge < -0.3 is 10.2 Å². The molecule has 0 radical (unpaired) electrons. The molecule has 0 unspecified atom stereocenters. The maximum atomic E-state index is 12.8. The summed E-state index contributed by atoms with van der Waals surface area (Å²) in [5, 5.41) is 6.37. The van der Waals surface area contributed by atoms with Gasteiger partial charge in [-0.25, -0.2) is 0 Å². The molecule has 2 heterocycles. The molecular formula is C11H15F3N4O. The first-order valence-electron chi connectivity index (χ1n) is 5.84. The number of amides is 1. The van der Waals surface area contributed by atoms with E-state index in [4.69, 9.17) is 0 Å². The van der Waals surface area contributed by atoms with Crippen molar-refractivity contribution in [1.29, 1.82) is 0 Å². The van der Waals surface area contributed by atoms with Gasteiger partial charge in [0.1, 0.15) is 0 Å². The fourth-order valence-corrected chi connectivity index (χ4v) is 2.00. The molecule has 1 fully saturated rings. The number of alkyl halides is 3. The van der Waals surface area contributed by atoms with Gasteiger partial charge in [-0.1, -0.05) is 0 Å². The second-order valence-corrected chi connectivity index (χ2v) is 4.72. The first kappa shape index (κ1) is 13.9. The summed E-state index contributed by atoms with van der Waals surface area (Å²) in [6.45, 7) is 1.09. The lowest BCUT2D eigenvalue weighted by molar-refractivity contribution is -0.143. The van der Waals surface area contributed by atoms with Crippen LogP contribution >= 0.6 is 0 Å². The van der Waals surface area contributed by atoms with Crippen molar-refractivity contribution in [2.45, 2.75) is 12.7 Å². The van der Waals surface area contributed by atoms with Crippen LogP contribution in [-0.2, 0) is 24.6 Å². The zero-order chi connectivity index (χ0) is 14.2. The van der Waals surface area contributed by atoms with Gasteiger partial charge in [0.15, 0.2) is 5.69 Å². The number of aromatic nitrogens is 2. The van der Waals surface area contributed by atoms with Crippen LogP contribution in [0.3, 0.4) is 0 Å². The summed E-state index contributed by atoms with van der Waals surface area (Å²) in [5.74, 6) is -0.272. The van der Waals surface area contributed by atoms with Gasteiger partial charge in [-0.3, -0.25) is 9.48 Å². The fourth-order valence-electron chi connectivity index (χ4n) is 2.00. The highest BCUT2D eigenvalue weighted by atomic mass is 19.4. The third-order valence-electron chi connectivity index (χ3n) is 3.09. The van der Waals surface area contributed by atoms with E-state index in [0.717, 1.165) is 4.68 Å². The summed E-state index contributed by atoms with van der Waals surface area (Å²) in [6, 6.07) is 0. The normalized spacial score (nSPS) is 16.3. The van der Waals surface area contributed by atoms with E-state index in [9.17, 15) is 18.0 Å². The Labute approximate surface area is 108 Å². The summed E-state index contributed by atoms with van der Waals surface area (Å²) in [5.41, 5.74) is -0.917. The van der Waals surface area contributed by atoms with Crippen LogP contribution in [0.1, 0.15) is 11.3 Å². The minimum Gasteiger partial charge on any atom is -0.341 e. The zero-order valence-electron chi connectivity index (χ0n) is 10.7. The van der Waals surface area contributed by atoms with Gasteiger partial charge >= 0.3 is 6.18 Å².